The van der Waals surface area contributed by atoms with E-state index in [1.807, 2.05) is 0 Å². The highest BCUT2D eigenvalue weighted by molar-refractivity contribution is 7.89. The molecule has 0 aliphatic rings. The Morgan fingerprint density at radius 1 is 1.33 bits per heavy atom. The van der Waals surface area contributed by atoms with Gasteiger partial charge in [0.05, 0.1) is 25.7 Å². The van der Waals surface area contributed by atoms with Crippen LogP contribution in [0.25, 0.3) is 10.2 Å². The minimum atomic E-state index is -3.59. The molecule has 1 aromatic heterocycles. The first-order valence-corrected chi connectivity index (χ1v) is 10.5. The number of amides is 1. The fourth-order valence-electron chi connectivity index (χ4n) is 2.34. The number of nitrogens with zero attached hydrogens (tertiary/aromatic N) is 2. The van der Waals surface area contributed by atoms with E-state index in [9.17, 15) is 17.6 Å². The van der Waals surface area contributed by atoms with Gasteiger partial charge in [0.2, 0.25) is 10.0 Å². The molecule has 2 aromatic carbocycles. The number of hydrogen-bond acceptors (Lipinski definition) is 5. The molecule has 3 rings (SSSR count). The Morgan fingerprint density at radius 3 is 2.74 bits per heavy atom. The van der Waals surface area contributed by atoms with Gasteiger partial charge in [0.15, 0.2) is 5.13 Å². The predicted molar refractivity (Wildman–Crippen MR) is 104 cm³/mol. The van der Waals surface area contributed by atoms with Crippen molar-refractivity contribution in [3.63, 3.8) is 0 Å². The fourth-order valence-corrected chi connectivity index (χ4v) is 4.77. The summed E-state index contributed by atoms with van der Waals surface area (Å²) < 4.78 is 40.6. The van der Waals surface area contributed by atoms with Crippen LogP contribution in [0, 0.1) is 5.82 Å². The number of rotatable bonds is 5. The van der Waals surface area contributed by atoms with Gasteiger partial charge in [0.1, 0.15) is 5.82 Å². The van der Waals surface area contributed by atoms with Gasteiger partial charge in [-0.3, -0.25) is 10.1 Å². The minimum absolute atomic E-state index is 0.00964. The van der Waals surface area contributed by atoms with Crippen molar-refractivity contribution < 1.29 is 17.6 Å². The molecule has 0 saturated carbocycles. The number of halogens is 2. The molecule has 27 heavy (non-hydrogen) atoms. The molecule has 142 valence electrons. The normalized spacial score (nSPS) is 11.9. The van der Waals surface area contributed by atoms with Crippen LogP contribution in [-0.2, 0) is 10.0 Å². The van der Waals surface area contributed by atoms with E-state index < -0.39 is 21.7 Å². The molecule has 0 fully saturated rings. The Hall–Kier alpha value is -2.07. The molecule has 1 heterocycles. The van der Waals surface area contributed by atoms with Crippen molar-refractivity contribution in [1.82, 2.24) is 9.29 Å². The average molecular weight is 428 g/mol. The second-order valence-electron chi connectivity index (χ2n) is 5.62. The van der Waals surface area contributed by atoms with Crippen LogP contribution < -0.4 is 5.32 Å². The Bertz CT molecular complexity index is 1110. The number of nitrogens with one attached hydrogen (secondary N) is 1. The number of thiazole rings is 1. The lowest BCUT2D eigenvalue weighted by molar-refractivity contribution is 0.102. The van der Waals surface area contributed by atoms with Gasteiger partial charge in [-0.25, -0.2) is 22.1 Å². The van der Waals surface area contributed by atoms with Crippen LogP contribution in [0.3, 0.4) is 0 Å². The van der Waals surface area contributed by atoms with Gasteiger partial charge < -0.3 is 0 Å². The summed E-state index contributed by atoms with van der Waals surface area (Å²) in [6, 6.07) is 8.48. The molecular weight excluding hydrogens is 413 g/mol. The van der Waals surface area contributed by atoms with E-state index in [0.717, 1.165) is 17.4 Å². The van der Waals surface area contributed by atoms with Crippen molar-refractivity contribution in [2.75, 3.05) is 18.9 Å². The number of anilines is 1. The zero-order chi connectivity index (χ0) is 19.8. The first-order chi connectivity index (χ1) is 12.7. The predicted octanol–water partition coefficient (Wildman–Crippen LogP) is 3.98. The van der Waals surface area contributed by atoms with E-state index >= 15 is 0 Å². The van der Waals surface area contributed by atoms with E-state index in [1.165, 1.54) is 35.6 Å². The van der Waals surface area contributed by atoms with Crippen LogP contribution in [0.2, 0.25) is 5.02 Å². The fraction of sp³-hybridized carbons (Fsp3) is 0.176. The molecule has 10 heteroatoms. The number of carbonyl (C=O) groups is 1. The molecule has 0 spiro atoms. The number of sulfonamides is 1. The van der Waals surface area contributed by atoms with E-state index in [1.54, 1.807) is 13.0 Å². The van der Waals surface area contributed by atoms with Crippen LogP contribution in [0.1, 0.15) is 17.3 Å². The summed E-state index contributed by atoms with van der Waals surface area (Å²) in [4.78, 5) is 16.7. The van der Waals surface area contributed by atoms with Gasteiger partial charge in [-0.05, 0) is 30.3 Å². The zero-order valence-corrected chi connectivity index (χ0v) is 16.8. The second-order valence-corrected chi connectivity index (χ2v) is 9.10. The van der Waals surface area contributed by atoms with Gasteiger partial charge in [-0.15, -0.1) is 0 Å². The Balaban J connectivity index is 1.93. The highest BCUT2D eigenvalue weighted by atomic mass is 35.5. The van der Waals surface area contributed by atoms with Crippen LogP contribution in [0.15, 0.2) is 41.3 Å². The SMILES string of the molecule is CCN(C)S(=O)(=O)c1ccc2nc(NC(=O)c3c(F)cccc3Cl)sc2c1. The first kappa shape index (κ1) is 19.7. The van der Waals surface area contributed by atoms with Gasteiger partial charge in [0.25, 0.3) is 5.91 Å². The lowest BCUT2D eigenvalue weighted by Gasteiger charge is -2.14. The van der Waals surface area contributed by atoms with Gasteiger partial charge >= 0.3 is 0 Å². The van der Waals surface area contributed by atoms with Gasteiger partial charge in [-0.1, -0.05) is 35.9 Å². The molecule has 1 N–H and O–H groups in total. The Kier molecular flexibility index (Phi) is 5.48. The third-order valence-corrected chi connectivity index (χ3v) is 7.10. The maximum absolute atomic E-state index is 13.9. The van der Waals surface area contributed by atoms with Crippen molar-refractivity contribution in [3.05, 3.63) is 52.8 Å². The summed E-state index contributed by atoms with van der Waals surface area (Å²) >= 11 is 6.98. The van der Waals surface area contributed by atoms with Crippen LogP contribution in [0.4, 0.5) is 9.52 Å². The highest BCUT2D eigenvalue weighted by Gasteiger charge is 2.21. The molecule has 0 atom stereocenters. The van der Waals surface area contributed by atoms with E-state index in [-0.39, 0.29) is 20.6 Å². The van der Waals surface area contributed by atoms with Crippen molar-refractivity contribution in [2.45, 2.75) is 11.8 Å². The van der Waals surface area contributed by atoms with Crippen LogP contribution in [0.5, 0.6) is 0 Å². The minimum Gasteiger partial charge on any atom is -0.298 e. The third kappa shape index (κ3) is 3.81. The molecule has 3 aromatic rings. The molecular formula is C17H15ClFN3O3S2. The Labute approximate surface area is 164 Å². The lowest BCUT2D eigenvalue weighted by atomic mass is 10.2. The van der Waals surface area contributed by atoms with E-state index in [0.29, 0.717) is 16.8 Å². The molecule has 6 nitrogen and oxygen atoms in total. The highest BCUT2D eigenvalue weighted by Crippen LogP contribution is 2.30. The number of aromatic nitrogens is 1. The lowest BCUT2D eigenvalue weighted by Crippen LogP contribution is -2.26. The summed E-state index contributed by atoms with van der Waals surface area (Å²) in [5.74, 6) is -1.46. The standard InChI is InChI=1S/C17H15ClFN3O3S2/c1-3-22(2)27(24,25)10-7-8-13-14(9-10)26-17(20-13)21-16(23)15-11(18)5-4-6-12(15)19/h4-9H,3H2,1-2H3,(H,20,21,23). The molecule has 0 aliphatic heterocycles. The molecule has 0 unspecified atom stereocenters. The third-order valence-electron chi connectivity index (χ3n) is 3.92. The smallest absolute Gasteiger partial charge is 0.261 e. The van der Waals surface area contributed by atoms with Crippen molar-refractivity contribution in [2.24, 2.45) is 0 Å². The molecule has 1 amide bonds. The maximum atomic E-state index is 13.9. The number of benzene rings is 2. The number of fused-ring (bicyclic) bond motifs is 1. The maximum Gasteiger partial charge on any atom is 0.261 e. The first-order valence-electron chi connectivity index (χ1n) is 7.86. The van der Waals surface area contributed by atoms with Gasteiger partial charge in [0, 0.05) is 13.6 Å². The molecule has 0 radical (unpaired) electrons. The topological polar surface area (TPSA) is 79.4 Å². The summed E-state index contributed by atoms with van der Waals surface area (Å²) in [5, 5.41) is 2.71. The summed E-state index contributed by atoms with van der Waals surface area (Å²) in [6.07, 6.45) is 0. The summed E-state index contributed by atoms with van der Waals surface area (Å²) in [5.41, 5.74) is 0.249. The van der Waals surface area contributed by atoms with Crippen molar-refractivity contribution in [3.8, 4) is 0 Å². The van der Waals surface area contributed by atoms with E-state index in [2.05, 4.69) is 10.3 Å². The zero-order valence-electron chi connectivity index (χ0n) is 14.4. The summed E-state index contributed by atoms with van der Waals surface area (Å²) in [7, 11) is -2.09. The van der Waals surface area contributed by atoms with Crippen molar-refractivity contribution >= 4 is 54.2 Å². The molecule has 0 saturated heterocycles. The molecule has 0 aliphatic carbocycles. The number of carbonyl (C=O) groups excluding carboxylic acids is 1. The van der Waals surface area contributed by atoms with E-state index in [4.69, 9.17) is 11.6 Å². The quantitative estimate of drug-likeness (QED) is 0.667. The molecule has 0 bridgehead atoms. The van der Waals surface area contributed by atoms with Crippen LogP contribution >= 0.6 is 22.9 Å². The average Bonchev–Trinajstić information content (AvgIpc) is 3.01. The largest absolute Gasteiger partial charge is 0.298 e. The Morgan fingerprint density at radius 2 is 2.07 bits per heavy atom. The monoisotopic (exact) mass is 427 g/mol. The van der Waals surface area contributed by atoms with Crippen molar-refractivity contribution in [1.29, 1.82) is 0 Å². The summed E-state index contributed by atoms with van der Waals surface area (Å²) in [6.45, 7) is 2.08. The number of hydrogen-bond donors (Lipinski definition) is 1. The van der Waals surface area contributed by atoms with Crippen LogP contribution in [-0.4, -0.2) is 37.2 Å². The second kappa shape index (κ2) is 7.51. The van der Waals surface area contributed by atoms with Gasteiger partial charge in [-0.2, -0.15) is 0 Å².